The van der Waals surface area contributed by atoms with Crippen molar-refractivity contribution in [2.24, 2.45) is 5.92 Å². The standard InChI is InChI=1S/C16H30N2O/c1-3-13-6-7-16(19)15(9-13)18-11-14-5-4-8-17(14)10-12(18)2/h12-16,19H,3-11H2,1-2H3. The van der Waals surface area contributed by atoms with Gasteiger partial charge in [-0.3, -0.25) is 9.80 Å². The van der Waals surface area contributed by atoms with Gasteiger partial charge in [0.2, 0.25) is 0 Å². The van der Waals surface area contributed by atoms with Crippen molar-refractivity contribution in [2.45, 2.75) is 76.6 Å². The molecule has 3 aliphatic rings. The summed E-state index contributed by atoms with van der Waals surface area (Å²) in [6, 6.07) is 1.81. The molecule has 5 atom stereocenters. The Morgan fingerprint density at radius 3 is 2.79 bits per heavy atom. The third kappa shape index (κ3) is 2.70. The largest absolute Gasteiger partial charge is 0.391 e. The van der Waals surface area contributed by atoms with Gasteiger partial charge in [0.25, 0.3) is 0 Å². The second-order valence-electron chi connectivity index (χ2n) is 7.06. The zero-order chi connectivity index (χ0) is 13.4. The van der Waals surface area contributed by atoms with Crippen molar-refractivity contribution in [3.8, 4) is 0 Å². The maximum absolute atomic E-state index is 10.4. The van der Waals surface area contributed by atoms with E-state index in [4.69, 9.17) is 0 Å². The van der Waals surface area contributed by atoms with E-state index in [2.05, 4.69) is 23.6 Å². The van der Waals surface area contributed by atoms with Gasteiger partial charge in [-0.2, -0.15) is 0 Å². The number of piperazine rings is 1. The predicted octanol–water partition coefficient (Wildman–Crippen LogP) is 2.09. The first kappa shape index (κ1) is 13.8. The van der Waals surface area contributed by atoms with Gasteiger partial charge < -0.3 is 5.11 Å². The average molecular weight is 266 g/mol. The second kappa shape index (κ2) is 5.71. The Kier molecular flexibility index (Phi) is 4.16. The first-order valence-electron chi connectivity index (χ1n) is 8.37. The van der Waals surface area contributed by atoms with Gasteiger partial charge in [0.05, 0.1) is 6.10 Å². The van der Waals surface area contributed by atoms with Gasteiger partial charge in [0, 0.05) is 31.2 Å². The molecular weight excluding hydrogens is 236 g/mol. The number of nitrogens with zero attached hydrogens (tertiary/aromatic N) is 2. The van der Waals surface area contributed by atoms with Gasteiger partial charge in [0.15, 0.2) is 0 Å². The molecular formula is C16H30N2O. The quantitative estimate of drug-likeness (QED) is 0.829. The molecule has 2 saturated heterocycles. The Morgan fingerprint density at radius 1 is 1.16 bits per heavy atom. The van der Waals surface area contributed by atoms with Gasteiger partial charge in [-0.05, 0) is 51.5 Å². The minimum Gasteiger partial charge on any atom is -0.391 e. The third-order valence-electron chi connectivity index (χ3n) is 5.88. The molecule has 110 valence electrons. The lowest BCUT2D eigenvalue weighted by Gasteiger charge is -2.49. The fourth-order valence-corrected chi connectivity index (χ4v) is 4.61. The predicted molar refractivity (Wildman–Crippen MR) is 78.2 cm³/mol. The zero-order valence-corrected chi connectivity index (χ0v) is 12.6. The Labute approximate surface area is 118 Å². The van der Waals surface area contributed by atoms with Crippen molar-refractivity contribution in [2.75, 3.05) is 19.6 Å². The molecule has 2 heterocycles. The van der Waals surface area contributed by atoms with Crippen molar-refractivity contribution in [1.82, 2.24) is 9.80 Å². The molecule has 0 aromatic heterocycles. The molecule has 3 heteroatoms. The monoisotopic (exact) mass is 266 g/mol. The molecule has 1 saturated carbocycles. The molecule has 2 aliphatic heterocycles. The lowest BCUT2D eigenvalue weighted by atomic mass is 9.80. The maximum atomic E-state index is 10.4. The van der Waals surface area contributed by atoms with E-state index in [1.54, 1.807) is 0 Å². The molecule has 0 aromatic rings. The SMILES string of the molecule is CCC1CCC(O)C(N2CC3CCCN3CC2C)C1. The van der Waals surface area contributed by atoms with Crippen LogP contribution in [0, 0.1) is 5.92 Å². The van der Waals surface area contributed by atoms with E-state index in [9.17, 15) is 5.11 Å². The van der Waals surface area contributed by atoms with Crippen LogP contribution in [0.25, 0.3) is 0 Å². The van der Waals surface area contributed by atoms with E-state index in [1.807, 2.05) is 0 Å². The van der Waals surface area contributed by atoms with Crippen molar-refractivity contribution in [1.29, 1.82) is 0 Å². The van der Waals surface area contributed by atoms with Crippen LogP contribution in [0.2, 0.25) is 0 Å². The summed E-state index contributed by atoms with van der Waals surface area (Å²) >= 11 is 0. The third-order valence-corrected chi connectivity index (χ3v) is 5.88. The van der Waals surface area contributed by atoms with Crippen LogP contribution < -0.4 is 0 Å². The Morgan fingerprint density at radius 2 is 2.00 bits per heavy atom. The highest BCUT2D eigenvalue weighted by Gasteiger charge is 2.41. The van der Waals surface area contributed by atoms with Crippen molar-refractivity contribution < 1.29 is 5.11 Å². The smallest absolute Gasteiger partial charge is 0.0695 e. The molecule has 0 bridgehead atoms. The molecule has 1 N–H and O–H groups in total. The summed E-state index contributed by atoms with van der Waals surface area (Å²) in [7, 11) is 0. The van der Waals surface area contributed by atoms with Crippen LogP contribution in [0.5, 0.6) is 0 Å². The first-order chi connectivity index (χ1) is 9.19. The molecule has 3 nitrogen and oxygen atoms in total. The molecule has 19 heavy (non-hydrogen) atoms. The van der Waals surface area contributed by atoms with Gasteiger partial charge in [-0.15, -0.1) is 0 Å². The maximum Gasteiger partial charge on any atom is 0.0695 e. The summed E-state index contributed by atoms with van der Waals surface area (Å²) < 4.78 is 0. The Balaban J connectivity index is 1.69. The lowest BCUT2D eigenvalue weighted by Crippen LogP contribution is -2.61. The molecule has 3 rings (SSSR count). The molecule has 0 aromatic carbocycles. The van der Waals surface area contributed by atoms with E-state index in [-0.39, 0.29) is 6.10 Å². The summed E-state index contributed by atoms with van der Waals surface area (Å²) in [5.74, 6) is 0.835. The summed E-state index contributed by atoms with van der Waals surface area (Å²) in [5, 5.41) is 10.4. The summed E-state index contributed by atoms with van der Waals surface area (Å²) in [6.45, 7) is 8.37. The highest BCUT2D eigenvalue weighted by molar-refractivity contribution is 4.96. The number of aliphatic hydroxyl groups excluding tert-OH is 1. The fourth-order valence-electron chi connectivity index (χ4n) is 4.61. The van der Waals surface area contributed by atoms with Gasteiger partial charge in [-0.1, -0.05) is 13.3 Å². The van der Waals surface area contributed by atoms with E-state index in [0.717, 1.165) is 18.4 Å². The van der Waals surface area contributed by atoms with E-state index in [1.165, 1.54) is 51.7 Å². The van der Waals surface area contributed by atoms with Gasteiger partial charge in [-0.25, -0.2) is 0 Å². The number of hydrogen-bond donors (Lipinski definition) is 1. The van der Waals surface area contributed by atoms with Crippen LogP contribution >= 0.6 is 0 Å². The Hall–Kier alpha value is -0.120. The fraction of sp³-hybridized carbons (Fsp3) is 1.00. The highest BCUT2D eigenvalue weighted by atomic mass is 16.3. The molecule has 5 unspecified atom stereocenters. The van der Waals surface area contributed by atoms with Crippen LogP contribution in [-0.2, 0) is 0 Å². The van der Waals surface area contributed by atoms with Crippen molar-refractivity contribution in [3.05, 3.63) is 0 Å². The van der Waals surface area contributed by atoms with Crippen LogP contribution in [0.15, 0.2) is 0 Å². The summed E-state index contributed by atoms with van der Waals surface area (Å²) in [5.41, 5.74) is 0. The topological polar surface area (TPSA) is 26.7 Å². The Bertz CT molecular complexity index is 309. The lowest BCUT2D eigenvalue weighted by molar-refractivity contribution is -0.0498. The van der Waals surface area contributed by atoms with Crippen LogP contribution in [0.3, 0.4) is 0 Å². The molecule has 0 amide bonds. The summed E-state index contributed by atoms with van der Waals surface area (Å²) in [4.78, 5) is 5.33. The minimum atomic E-state index is -0.0850. The highest BCUT2D eigenvalue weighted by Crippen LogP contribution is 2.34. The molecule has 0 radical (unpaired) electrons. The van der Waals surface area contributed by atoms with Crippen LogP contribution in [-0.4, -0.2) is 58.8 Å². The van der Waals surface area contributed by atoms with E-state index in [0.29, 0.717) is 12.1 Å². The molecule has 3 fully saturated rings. The van der Waals surface area contributed by atoms with E-state index < -0.39 is 0 Å². The minimum absolute atomic E-state index is 0.0850. The van der Waals surface area contributed by atoms with E-state index >= 15 is 0 Å². The van der Waals surface area contributed by atoms with Gasteiger partial charge in [0.1, 0.15) is 0 Å². The molecule has 0 spiro atoms. The van der Waals surface area contributed by atoms with Gasteiger partial charge >= 0.3 is 0 Å². The van der Waals surface area contributed by atoms with Crippen molar-refractivity contribution >= 4 is 0 Å². The van der Waals surface area contributed by atoms with Crippen LogP contribution in [0.1, 0.15) is 52.4 Å². The summed E-state index contributed by atoms with van der Waals surface area (Å²) in [6.07, 6.45) is 7.39. The average Bonchev–Trinajstić information content (AvgIpc) is 2.85. The zero-order valence-electron chi connectivity index (χ0n) is 12.6. The molecule has 1 aliphatic carbocycles. The second-order valence-corrected chi connectivity index (χ2v) is 7.06. The number of rotatable bonds is 2. The first-order valence-corrected chi connectivity index (χ1v) is 8.37. The van der Waals surface area contributed by atoms with Crippen molar-refractivity contribution in [3.63, 3.8) is 0 Å². The number of hydrogen-bond acceptors (Lipinski definition) is 3. The number of aliphatic hydroxyl groups is 1. The normalized spacial score (nSPS) is 45.3. The van der Waals surface area contributed by atoms with Crippen LogP contribution in [0.4, 0.5) is 0 Å². The number of fused-ring (bicyclic) bond motifs is 1.